The Kier molecular flexibility index (Phi) is 6.87. The van der Waals surface area contributed by atoms with Crippen molar-refractivity contribution >= 4 is 75.4 Å². The Hall–Kier alpha value is -2.33. The Morgan fingerprint density at radius 3 is 2.63 bits per heavy atom. The molecule has 2 heterocycles. The lowest BCUT2D eigenvalue weighted by Crippen LogP contribution is -2.44. The van der Waals surface area contributed by atoms with Gasteiger partial charge in [-0.2, -0.15) is 0 Å². The van der Waals surface area contributed by atoms with Crippen molar-refractivity contribution in [1.29, 1.82) is 0 Å². The molecule has 0 spiro atoms. The topological polar surface area (TPSA) is 108 Å². The van der Waals surface area contributed by atoms with E-state index in [0.717, 1.165) is 16.7 Å². The van der Waals surface area contributed by atoms with Gasteiger partial charge in [0.25, 0.3) is 5.91 Å². The first-order valence-electron chi connectivity index (χ1n) is 8.45. The van der Waals surface area contributed by atoms with Gasteiger partial charge < -0.3 is 14.6 Å². The molecule has 0 bridgehead atoms. The number of carbonyl (C=O) groups excluding carboxylic acids is 1. The number of thiocarbonyl (C=S) groups is 1. The molecule has 0 aliphatic carbocycles. The highest BCUT2D eigenvalue weighted by Gasteiger charge is 2.40. The summed E-state index contributed by atoms with van der Waals surface area (Å²) in [5, 5.41) is 18.9. The minimum Gasteiger partial charge on any atom is -0.481 e. The van der Waals surface area contributed by atoms with Gasteiger partial charge in [-0.15, -0.1) is 0 Å². The second-order valence-corrected chi connectivity index (χ2v) is 8.60. The Morgan fingerprint density at radius 1 is 1.23 bits per heavy atom. The number of nitrogens with zero attached hydrogens (tertiary/aromatic N) is 1. The van der Waals surface area contributed by atoms with Crippen molar-refractivity contribution in [3.05, 3.63) is 51.0 Å². The van der Waals surface area contributed by atoms with Crippen molar-refractivity contribution in [3.8, 4) is 11.3 Å². The van der Waals surface area contributed by atoms with Gasteiger partial charge in [0.1, 0.15) is 21.9 Å². The van der Waals surface area contributed by atoms with Gasteiger partial charge in [-0.05, 0) is 30.7 Å². The molecule has 1 atom stereocenters. The number of halogens is 2. The zero-order valence-electron chi connectivity index (χ0n) is 15.0. The summed E-state index contributed by atoms with van der Waals surface area (Å²) in [5.41, 5.74) is 0.580. The number of aliphatic carboxylic acids is 2. The summed E-state index contributed by atoms with van der Waals surface area (Å²) in [7, 11) is 0. The van der Waals surface area contributed by atoms with Crippen LogP contribution in [0, 0.1) is 0 Å². The fourth-order valence-electron chi connectivity index (χ4n) is 2.77. The quantitative estimate of drug-likeness (QED) is 0.426. The van der Waals surface area contributed by atoms with Crippen LogP contribution >= 0.6 is 47.2 Å². The number of thioether (sulfide) groups is 1. The predicted molar refractivity (Wildman–Crippen MR) is 117 cm³/mol. The molecule has 1 amide bonds. The zero-order chi connectivity index (χ0) is 22.0. The minimum atomic E-state index is -1.36. The Morgan fingerprint density at radius 2 is 1.97 bits per heavy atom. The van der Waals surface area contributed by atoms with Crippen LogP contribution in [-0.4, -0.2) is 43.3 Å². The normalized spacial score (nSPS) is 16.3. The van der Waals surface area contributed by atoms with Crippen LogP contribution in [0.5, 0.6) is 0 Å². The fourth-order valence-corrected chi connectivity index (χ4v) is 4.50. The molecule has 1 aromatic carbocycles. The number of carbonyl (C=O) groups is 3. The molecule has 1 aromatic heterocycles. The van der Waals surface area contributed by atoms with Gasteiger partial charge in [-0.3, -0.25) is 14.5 Å². The van der Waals surface area contributed by atoms with Crippen molar-refractivity contribution in [2.45, 2.75) is 18.9 Å². The maximum Gasteiger partial charge on any atom is 0.326 e. The van der Waals surface area contributed by atoms with Gasteiger partial charge in [-0.25, -0.2) is 4.79 Å². The Balaban J connectivity index is 1.85. The third kappa shape index (κ3) is 4.70. The van der Waals surface area contributed by atoms with Crippen LogP contribution in [-0.2, 0) is 14.4 Å². The summed E-state index contributed by atoms with van der Waals surface area (Å²) in [6.45, 7) is 0. The predicted octanol–water partition coefficient (Wildman–Crippen LogP) is 4.77. The summed E-state index contributed by atoms with van der Waals surface area (Å²) in [5.74, 6) is -2.34. The highest BCUT2D eigenvalue weighted by molar-refractivity contribution is 8.26. The number of amides is 1. The fraction of sp³-hybridized carbons (Fsp3) is 0.158. The Labute approximate surface area is 190 Å². The van der Waals surface area contributed by atoms with Crippen molar-refractivity contribution in [3.63, 3.8) is 0 Å². The van der Waals surface area contributed by atoms with Crippen LogP contribution in [0.4, 0.5) is 0 Å². The largest absolute Gasteiger partial charge is 0.481 e. The number of carboxylic acids is 2. The van der Waals surface area contributed by atoms with Crippen LogP contribution in [0.3, 0.4) is 0 Å². The third-order valence-corrected chi connectivity index (χ3v) is 6.32. The molecule has 2 aromatic rings. The molecule has 1 aliphatic rings. The average Bonchev–Trinajstić information content (AvgIpc) is 3.23. The number of hydrogen-bond acceptors (Lipinski definition) is 6. The molecule has 0 radical (unpaired) electrons. The first-order valence-corrected chi connectivity index (χ1v) is 10.4. The molecule has 30 heavy (non-hydrogen) atoms. The van der Waals surface area contributed by atoms with Crippen LogP contribution in [0.15, 0.2) is 39.7 Å². The van der Waals surface area contributed by atoms with Crippen molar-refractivity contribution in [2.24, 2.45) is 0 Å². The average molecular weight is 486 g/mol. The molecular formula is C19H13Cl2NO6S2. The van der Waals surface area contributed by atoms with Gasteiger partial charge in [0, 0.05) is 18.1 Å². The molecule has 1 fully saturated rings. The van der Waals surface area contributed by atoms with Gasteiger partial charge in [0.2, 0.25) is 0 Å². The molecule has 3 rings (SSSR count). The molecule has 156 valence electrons. The van der Waals surface area contributed by atoms with Crippen molar-refractivity contribution in [2.75, 3.05) is 0 Å². The van der Waals surface area contributed by atoms with Crippen molar-refractivity contribution < 1.29 is 29.0 Å². The van der Waals surface area contributed by atoms with Gasteiger partial charge in [-0.1, -0.05) is 53.2 Å². The van der Waals surface area contributed by atoms with Gasteiger partial charge >= 0.3 is 11.9 Å². The second kappa shape index (κ2) is 9.22. The summed E-state index contributed by atoms with van der Waals surface area (Å²) < 4.78 is 5.77. The zero-order valence-corrected chi connectivity index (χ0v) is 18.1. The van der Waals surface area contributed by atoms with E-state index in [1.165, 1.54) is 6.08 Å². The smallest absolute Gasteiger partial charge is 0.326 e. The monoisotopic (exact) mass is 485 g/mol. The summed E-state index contributed by atoms with van der Waals surface area (Å²) in [6.07, 6.45) is 0.773. The second-order valence-electron chi connectivity index (χ2n) is 6.14. The maximum atomic E-state index is 12.7. The lowest BCUT2D eigenvalue weighted by Gasteiger charge is -2.22. The van der Waals surface area contributed by atoms with Crippen LogP contribution < -0.4 is 0 Å². The van der Waals surface area contributed by atoms with E-state index in [0.29, 0.717) is 27.1 Å². The third-order valence-electron chi connectivity index (χ3n) is 4.17. The maximum absolute atomic E-state index is 12.7. The number of hydrogen-bond donors (Lipinski definition) is 2. The van der Waals surface area contributed by atoms with Crippen LogP contribution in [0.2, 0.25) is 10.0 Å². The number of furan rings is 1. The van der Waals surface area contributed by atoms with Crippen molar-refractivity contribution in [1.82, 2.24) is 4.90 Å². The minimum absolute atomic E-state index is 0.0358. The molecule has 1 aliphatic heterocycles. The summed E-state index contributed by atoms with van der Waals surface area (Å²) in [4.78, 5) is 36.2. The molecule has 0 saturated carbocycles. The van der Waals surface area contributed by atoms with Gasteiger partial charge in [0.05, 0.1) is 15.0 Å². The van der Waals surface area contributed by atoms with E-state index in [-0.39, 0.29) is 15.6 Å². The van der Waals surface area contributed by atoms with E-state index in [9.17, 15) is 19.5 Å². The van der Waals surface area contributed by atoms with E-state index in [4.69, 9.17) is 44.9 Å². The van der Waals surface area contributed by atoms with E-state index in [2.05, 4.69) is 0 Å². The number of benzene rings is 1. The van der Waals surface area contributed by atoms with E-state index >= 15 is 0 Å². The van der Waals surface area contributed by atoms with Crippen LogP contribution in [0.25, 0.3) is 17.4 Å². The van der Waals surface area contributed by atoms with E-state index < -0.39 is 30.3 Å². The molecule has 1 unspecified atom stereocenters. The number of rotatable bonds is 7. The van der Waals surface area contributed by atoms with Crippen LogP contribution in [0.1, 0.15) is 18.6 Å². The molecule has 2 N–H and O–H groups in total. The first-order chi connectivity index (χ1) is 14.2. The van der Waals surface area contributed by atoms with Gasteiger partial charge in [0.15, 0.2) is 0 Å². The van der Waals surface area contributed by atoms with E-state index in [1.807, 2.05) is 0 Å². The standard InChI is InChI=1S/C19H13Cl2NO6S2/c20-11-3-1-2-10(16(11)21)13-6-4-9(28-13)8-14-17(25)22(19(29)30-14)12(18(26)27)5-7-15(23)24/h1-4,6,8,12H,5,7H2,(H,23,24)(H,26,27)/b14-8-. The molecule has 1 saturated heterocycles. The highest BCUT2D eigenvalue weighted by Crippen LogP contribution is 2.37. The highest BCUT2D eigenvalue weighted by atomic mass is 35.5. The SMILES string of the molecule is O=C(O)CCC(C(=O)O)N1C(=O)/C(=C/c2ccc(-c3cccc(Cl)c3Cl)o2)SC1=S. The Bertz CT molecular complexity index is 1080. The summed E-state index contributed by atoms with van der Waals surface area (Å²) in [6, 6.07) is 7.02. The molecule has 11 heteroatoms. The van der Waals surface area contributed by atoms with E-state index in [1.54, 1.807) is 30.3 Å². The lowest BCUT2D eigenvalue weighted by molar-refractivity contribution is -0.146. The summed E-state index contributed by atoms with van der Waals surface area (Å²) >= 11 is 18.3. The molecular weight excluding hydrogens is 473 g/mol. The lowest BCUT2D eigenvalue weighted by atomic mass is 10.1. The first kappa shape index (κ1) is 22.4. The molecule has 7 nitrogen and oxygen atoms in total. The number of carboxylic acid groups (broad SMARTS) is 2.